The molecule has 1 aliphatic heterocycles. The zero-order chi connectivity index (χ0) is 13.5. The van der Waals surface area contributed by atoms with E-state index >= 15 is 0 Å². The maximum atomic E-state index is 12.4. The van der Waals surface area contributed by atoms with Crippen LogP contribution in [0.2, 0.25) is 0 Å². The van der Waals surface area contributed by atoms with Crippen molar-refractivity contribution in [3.8, 4) is 0 Å². The van der Waals surface area contributed by atoms with Crippen molar-refractivity contribution in [1.82, 2.24) is 20.0 Å². The highest BCUT2D eigenvalue weighted by Crippen LogP contribution is 2.34. The number of nitrogen functional groups attached to an aromatic ring is 1. The molecule has 1 aromatic heterocycles. The summed E-state index contributed by atoms with van der Waals surface area (Å²) in [6.45, 7) is 0.792. The SMILES string of the molecule is Nc1cnn(CCN2C(=O)NC3(CCCC3)C2=O)c1. The molecule has 7 heteroatoms. The van der Waals surface area contributed by atoms with Gasteiger partial charge in [0, 0.05) is 6.20 Å². The molecule has 0 radical (unpaired) electrons. The molecule has 1 aliphatic carbocycles. The van der Waals surface area contributed by atoms with Crippen molar-refractivity contribution in [2.75, 3.05) is 12.3 Å². The fourth-order valence-electron chi connectivity index (χ4n) is 2.90. The largest absolute Gasteiger partial charge is 0.396 e. The number of amides is 3. The number of hydrogen-bond acceptors (Lipinski definition) is 4. The molecule has 0 aromatic carbocycles. The van der Waals surface area contributed by atoms with Crippen LogP contribution in [0.4, 0.5) is 10.5 Å². The average molecular weight is 263 g/mol. The second-order valence-electron chi connectivity index (χ2n) is 5.21. The first kappa shape index (κ1) is 12.0. The first-order valence-corrected chi connectivity index (χ1v) is 6.53. The van der Waals surface area contributed by atoms with Gasteiger partial charge in [0.2, 0.25) is 0 Å². The van der Waals surface area contributed by atoms with E-state index in [1.807, 2.05) is 0 Å². The molecule has 1 spiro atoms. The van der Waals surface area contributed by atoms with Gasteiger partial charge in [0.05, 0.1) is 25.0 Å². The van der Waals surface area contributed by atoms with Gasteiger partial charge in [0.1, 0.15) is 5.54 Å². The van der Waals surface area contributed by atoms with Crippen LogP contribution >= 0.6 is 0 Å². The van der Waals surface area contributed by atoms with Crippen LogP contribution in [0.3, 0.4) is 0 Å². The van der Waals surface area contributed by atoms with Crippen molar-refractivity contribution >= 4 is 17.6 Å². The fourth-order valence-corrected chi connectivity index (χ4v) is 2.90. The predicted molar refractivity (Wildman–Crippen MR) is 68.1 cm³/mol. The highest BCUT2D eigenvalue weighted by molar-refractivity contribution is 6.07. The summed E-state index contributed by atoms with van der Waals surface area (Å²) in [4.78, 5) is 25.6. The minimum absolute atomic E-state index is 0.0878. The van der Waals surface area contributed by atoms with Gasteiger partial charge in [-0.15, -0.1) is 0 Å². The summed E-state index contributed by atoms with van der Waals surface area (Å²) in [7, 11) is 0. The van der Waals surface area contributed by atoms with Gasteiger partial charge in [-0.05, 0) is 12.8 Å². The molecule has 2 heterocycles. The number of hydrogen-bond donors (Lipinski definition) is 2. The van der Waals surface area contributed by atoms with Crippen molar-refractivity contribution in [2.45, 2.75) is 37.8 Å². The molecule has 1 aromatic rings. The van der Waals surface area contributed by atoms with Gasteiger partial charge in [-0.25, -0.2) is 4.79 Å². The Balaban J connectivity index is 1.68. The molecule has 19 heavy (non-hydrogen) atoms. The molecule has 3 rings (SSSR count). The summed E-state index contributed by atoms with van der Waals surface area (Å²) in [5.41, 5.74) is 5.52. The minimum atomic E-state index is -0.625. The van der Waals surface area contributed by atoms with Crippen LogP contribution < -0.4 is 11.1 Å². The number of nitrogens with two attached hydrogens (primary N) is 1. The van der Waals surface area contributed by atoms with E-state index in [0.29, 0.717) is 18.8 Å². The Bertz CT molecular complexity index is 518. The first-order valence-electron chi connectivity index (χ1n) is 6.53. The van der Waals surface area contributed by atoms with E-state index in [-0.39, 0.29) is 11.9 Å². The molecule has 1 saturated heterocycles. The summed E-state index contributed by atoms with van der Waals surface area (Å²) < 4.78 is 1.63. The molecule has 102 valence electrons. The lowest BCUT2D eigenvalue weighted by molar-refractivity contribution is -0.131. The topological polar surface area (TPSA) is 93.2 Å². The zero-order valence-corrected chi connectivity index (χ0v) is 10.6. The molecular formula is C12H17N5O2. The second-order valence-corrected chi connectivity index (χ2v) is 5.21. The quantitative estimate of drug-likeness (QED) is 0.768. The van der Waals surface area contributed by atoms with Gasteiger partial charge < -0.3 is 11.1 Å². The Hall–Kier alpha value is -2.05. The maximum absolute atomic E-state index is 12.4. The van der Waals surface area contributed by atoms with E-state index in [1.165, 1.54) is 4.90 Å². The number of imide groups is 1. The Labute approximate surface area is 110 Å². The first-order chi connectivity index (χ1) is 9.11. The smallest absolute Gasteiger partial charge is 0.325 e. The van der Waals surface area contributed by atoms with Crippen molar-refractivity contribution in [2.24, 2.45) is 0 Å². The van der Waals surface area contributed by atoms with Crippen LogP contribution in [0.5, 0.6) is 0 Å². The zero-order valence-electron chi connectivity index (χ0n) is 10.6. The van der Waals surface area contributed by atoms with Crippen LogP contribution in [0.15, 0.2) is 12.4 Å². The van der Waals surface area contributed by atoms with Crippen molar-refractivity contribution in [1.29, 1.82) is 0 Å². The number of carbonyl (C=O) groups is 2. The van der Waals surface area contributed by atoms with E-state index in [2.05, 4.69) is 10.4 Å². The number of aromatic nitrogens is 2. The molecule has 3 amide bonds. The van der Waals surface area contributed by atoms with Crippen LogP contribution in [0.1, 0.15) is 25.7 Å². The van der Waals surface area contributed by atoms with Gasteiger partial charge in [0.15, 0.2) is 0 Å². The van der Waals surface area contributed by atoms with Crippen LogP contribution in [0, 0.1) is 0 Å². The minimum Gasteiger partial charge on any atom is -0.396 e. The Morgan fingerprint density at radius 2 is 2.05 bits per heavy atom. The second kappa shape index (κ2) is 4.25. The number of nitrogens with one attached hydrogen (secondary N) is 1. The highest BCUT2D eigenvalue weighted by atomic mass is 16.2. The van der Waals surface area contributed by atoms with Gasteiger partial charge >= 0.3 is 6.03 Å². The molecule has 0 bridgehead atoms. The molecule has 1 saturated carbocycles. The van der Waals surface area contributed by atoms with Crippen LogP contribution in [0.25, 0.3) is 0 Å². The van der Waals surface area contributed by atoms with E-state index < -0.39 is 5.54 Å². The number of urea groups is 1. The van der Waals surface area contributed by atoms with Gasteiger partial charge in [-0.2, -0.15) is 5.10 Å². The maximum Gasteiger partial charge on any atom is 0.325 e. The Morgan fingerprint density at radius 1 is 1.32 bits per heavy atom. The summed E-state index contributed by atoms with van der Waals surface area (Å²) in [6, 6.07) is -0.285. The molecule has 7 nitrogen and oxygen atoms in total. The number of carbonyl (C=O) groups excluding carboxylic acids is 2. The molecule has 2 fully saturated rings. The third-order valence-corrected chi connectivity index (χ3v) is 3.91. The summed E-state index contributed by atoms with van der Waals surface area (Å²) in [5.74, 6) is -0.0878. The number of rotatable bonds is 3. The lowest BCUT2D eigenvalue weighted by Crippen LogP contribution is -2.44. The molecule has 0 unspecified atom stereocenters. The summed E-state index contributed by atoms with van der Waals surface area (Å²) in [6.07, 6.45) is 6.73. The standard InChI is InChI=1S/C12H17N5O2/c13-9-7-14-16(8-9)5-6-17-10(18)12(15-11(17)19)3-1-2-4-12/h7-8H,1-6,13H2,(H,15,19). The summed E-state index contributed by atoms with van der Waals surface area (Å²) in [5, 5.41) is 6.89. The predicted octanol–water partition coefficient (Wildman–Crippen LogP) is 0.330. The van der Waals surface area contributed by atoms with Crippen molar-refractivity contribution in [3.63, 3.8) is 0 Å². The van der Waals surface area contributed by atoms with Gasteiger partial charge in [0.25, 0.3) is 5.91 Å². The normalized spacial score (nSPS) is 21.4. The lowest BCUT2D eigenvalue weighted by atomic mass is 9.98. The van der Waals surface area contributed by atoms with Crippen LogP contribution in [-0.4, -0.2) is 38.7 Å². The van der Waals surface area contributed by atoms with Crippen molar-refractivity contribution in [3.05, 3.63) is 12.4 Å². The van der Waals surface area contributed by atoms with Gasteiger partial charge in [-0.3, -0.25) is 14.4 Å². The average Bonchev–Trinajstić information content (AvgIpc) is 3.04. The highest BCUT2D eigenvalue weighted by Gasteiger charge is 2.52. The van der Waals surface area contributed by atoms with Gasteiger partial charge in [-0.1, -0.05) is 12.8 Å². The van der Waals surface area contributed by atoms with E-state index in [9.17, 15) is 9.59 Å². The molecular weight excluding hydrogens is 246 g/mol. The van der Waals surface area contributed by atoms with E-state index in [4.69, 9.17) is 5.73 Å². The molecule has 3 N–H and O–H groups in total. The molecule has 2 aliphatic rings. The fraction of sp³-hybridized carbons (Fsp3) is 0.583. The Kier molecular flexibility index (Phi) is 2.69. The number of anilines is 1. The van der Waals surface area contributed by atoms with Crippen molar-refractivity contribution < 1.29 is 9.59 Å². The monoisotopic (exact) mass is 263 g/mol. The molecule has 0 atom stereocenters. The lowest BCUT2D eigenvalue weighted by Gasteiger charge is -2.19. The summed E-state index contributed by atoms with van der Waals surface area (Å²) >= 11 is 0. The number of nitrogens with zero attached hydrogens (tertiary/aromatic N) is 3. The third kappa shape index (κ3) is 1.94. The van der Waals surface area contributed by atoms with E-state index in [1.54, 1.807) is 17.1 Å². The Morgan fingerprint density at radius 3 is 2.68 bits per heavy atom. The van der Waals surface area contributed by atoms with Crippen LogP contribution in [-0.2, 0) is 11.3 Å². The third-order valence-electron chi connectivity index (χ3n) is 3.91. The van der Waals surface area contributed by atoms with E-state index in [0.717, 1.165) is 25.7 Å².